The molecular weight excluding hydrogens is 252 g/mol. The van der Waals surface area contributed by atoms with Crippen LogP contribution in [0.4, 0.5) is 0 Å². The summed E-state index contributed by atoms with van der Waals surface area (Å²) >= 11 is 0. The maximum absolute atomic E-state index is 12.4. The third-order valence-electron chi connectivity index (χ3n) is 4.18. The van der Waals surface area contributed by atoms with Crippen molar-refractivity contribution in [2.24, 2.45) is 5.41 Å². The lowest BCUT2D eigenvalue weighted by Crippen LogP contribution is -2.56. The Morgan fingerprint density at radius 2 is 2.05 bits per heavy atom. The highest BCUT2D eigenvalue weighted by Gasteiger charge is 2.42. The topological polar surface area (TPSA) is 53.3 Å². The van der Waals surface area contributed by atoms with E-state index in [2.05, 4.69) is 19.9 Å². The molecular formula is C16H18N2O2. The van der Waals surface area contributed by atoms with E-state index in [4.69, 9.17) is 10.00 Å². The van der Waals surface area contributed by atoms with Gasteiger partial charge in [-0.05, 0) is 25.1 Å². The fraction of sp³-hybridized carbons (Fsp3) is 0.500. The number of carbonyl (C=O) groups is 1. The Labute approximate surface area is 118 Å². The normalized spacial score (nSPS) is 21.4. The van der Waals surface area contributed by atoms with Gasteiger partial charge in [-0.1, -0.05) is 13.8 Å². The Morgan fingerprint density at radius 1 is 1.35 bits per heavy atom. The van der Waals surface area contributed by atoms with Crippen molar-refractivity contribution in [2.45, 2.75) is 26.2 Å². The molecule has 0 unspecified atom stereocenters. The number of fused-ring (bicyclic) bond motifs is 1. The van der Waals surface area contributed by atoms with E-state index in [0.717, 1.165) is 11.3 Å². The number of rotatable bonds is 1. The molecule has 0 bridgehead atoms. The van der Waals surface area contributed by atoms with Crippen molar-refractivity contribution in [3.63, 3.8) is 0 Å². The molecule has 2 aliphatic rings. The summed E-state index contributed by atoms with van der Waals surface area (Å²) in [5, 5.41) is 9.01. The molecule has 0 aromatic heterocycles. The summed E-state index contributed by atoms with van der Waals surface area (Å²) in [6, 6.07) is 7.88. The van der Waals surface area contributed by atoms with Crippen molar-refractivity contribution >= 4 is 5.91 Å². The van der Waals surface area contributed by atoms with Crippen LogP contribution in [0.15, 0.2) is 18.2 Å². The minimum absolute atomic E-state index is 0.00299. The SMILES string of the molecule is CC1(C#N)CN(C(=O)c2ccc3c(c2)C(C)(C)CO3)C1. The van der Waals surface area contributed by atoms with Gasteiger partial charge in [0.25, 0.3) is 5.91 Å². The Bertz CT molecular complexity index is 622. The largest absolute Gasteiger partial charge is 0.492 e. The molecule has 0 atom stereocenters. The number of amides is 1. The minimum Gasteiger partial charge on any atom is -0.492 e. The lowest BCUT2D eigenvalue weighted by atomic mass is 9.82. The lowest BCUT2D eigenvalue weighted by molar-refractivity contribution is 0.0368. The molecule has 0 aliphatic carbocycles. The third kappa shape index (κ3) is 1.85. The second kappa shape index (κ2) is 3.99. The number of hydrogen-bond acceptors (Lipinski definition) is 3. The van der Waals surface area contributed by atoms with E-state index in [1.54, 1.807) is 4.90 Å². The first-order chi connectivity index (χ1) is 9.35. The molecule has 1 saturated heterocycles. The van der Waals surface area contributed by atoms with Crippen molar-refractivity contribution in [2.75, 3.05) is 19.7 Å². The van der Waals surface area contributed by atoms with Gasteiger partial charge in [-0.2, -0.15) is 5.26 Å². The van der Waals surface area contributed by atoms with Gasteiger partial charge in [-0.25, -0.2) is 0 Å². The predicted octanol–water partition coefficient (Wildman–Crippen LogP) is 2.34. The lowest BCUT2D eigenvalue weighted by Gasteiger charge is -2.43. The van der Waals surface area contributed by atoms with Crippen LogP contribution < -0.4 is 4.74 Å². The number of carbonyl (C=O) groups excluding carboxylic acids is 1. The standard InChI is InChI=1S/C16H18N2O2/c1-15(2)10-20-13-5-4-11(6-12(13)15)14(19)18-8-16(3,7-17)9-18/h4-6H,8-10H2,1-3H3. The maximum Gasteiger partial charge on any atom is 0.253 e. The number of likely N-dealkylation sites (tertiary alicyclic amines) is 1. The molecule has 4 heteroatoms. The van der Waals surface area contributed by atoms with Gasteiger partial charge in [0, 0.05) is 29.6 Å². The Kier molecular flexibility index (Phi) is 2.59. The van der Waals surface area contributed by atoms with E-state index in [-0.39, 0.29) is 16.7 Å². The molecule has 2 aliphatic heterocycles. The van der Waals surface area contributed by atoms with Crippen LogP contribution in [0.25, 0.3) is 0 Å². The van der Waals surface area contributed by atoms with Gasteiger partial charge in [-0.15, -0.1) is 0 Å². The summed E-state index contributed by atoms with van der Waals surface area (Å²) in [5.41, 5.74) is 1.34. The minimum atomic E-state index is -0.380. The van der Waals surface area contributed by atoms with Gasteiger partial charge >= 0.3 is 0 Å². The average Bonchev–Trinajstić information content (AvgIpc) is 2.70. The van der Waals surface area contributed by atoms with Crippen LogP contribution in [0.2, 0.25) is 0 Å². The zero-order chi connectivity index (χ0) is 14.5. The summed E-state index contributed by atoms with van der Waals surface area (Å²) in [6.45, 7) is 7.79. The van der Waals surface area contributed by atoms with Crippen LogP contribution >= 0.6 is 0 Å². The second-order valence-electron chi connectivity index (χ2n) is 6.72. The van der Waals surface area contributed by atoms with E-state index < -0.39 is 0 Å². The highest BCUT2D eigenvalue weighted by atomic mass is 16.5. The molecule has 1 aromatic carbocycles. The zero-order valence-corrected chi connectivity index (χ0v) is 12.1. The van der Waals surface area contributed by atoms with Gasteiger partial charge in [0.15, 0.2) is 0 Å². The fourth-order valence-corrected chi connectivity index (χ4v) is 2.85. The monoisotopic (exact) mass is 270 g/mol. The Hall–Kier alpha value is -2.02. The van der Waals surface area contributed by atoms with E-state index in [1.807, 2.05) is 25.1 Å². The first-order valence-corrected chi connectivity index (χ1v) is 6.83. The molecule has 104 valence electrons. The van der Waals surface area contributed by atoms with Crippen LogP contribution in [0.5, 0.6) is 5.75 Å². The van der Waals surface area contributed by atoms with Gasteiger partial charge < -0.3 is 9.64 Å². The Balaban J connectivity index is 1.83. The predicted molar refractivity (Wildman–Crippen MR) is 74.6 cm³/mol. The molecule has 4 nitrogen and oxygen atoms in total. The fourth-order valence-electron chi connectivity index (χ4n) is 2.85. The van der Waals surface area contributed by atoms with Crippen molar-refractivity contribution in [1.82, 2.24) is 4.90 Å². The summed E-state index contributed by atoms with van der Waals surface area (Å²) in [5.74, 6) is 0.875. The van der Waals surface area contributed by atoms with E-state index >= 15 is 0 Å². The van der Waals surface area contributed by atoms with Crippen molar-refractivity contribution in [1.29, 1.82) is 5.26 Å². The van der Waals surface area contributed by atoms with Gasteiger partial charge in [0.1, 0.15) is 5.75 Å². The number of nitrogens with zero attached hydrogens (tertiary/aromatic N) is 2. The molecule has 0 spiro atoms. The summed E-state index contributed by atoms with van der Waals surface area (Å²) in [4.78, 5) is 14.1. The van der Waals surface area contributed by atoms with Crippen LogP contribution in [-0.4, -0.2) is 30.5 Å². The first-order valence-electron chi connectivity index (χ1n) is 6.83. The van der Waals surface area contributed by atoms with E-state index in [0.29, 0.717) is 25.3 Å². The van der Waals surface area contributed by atoms with Crippen LogP contribution in [0.3, 0.4) is 0 Å². The van der Waals surface area contributed by atoms with Crippen LogP contribution in [0.1, 0.15) is 36.7 Å². The van der Waals surface area contributed by atoms with Crippen molar-refractivity contribution < 1.29 is 9.53 Å². The summed E-state index contributed by atoms with van der Waals surface area (Å²) in [6.07, 6.45) is 0. The molecule has 3 rings (SSSR count). The van der Waals surface area contributed by atoms with Gasteiger partial charge in [0.05, 0.1) is 18.1 Å². The van der Waals surface area contributed by atoms with Gasteiger partial charge in [0.2, 0.25) is 0 Å². The Morgan fingerprint density at radius 3 is 2.70 bits per heavy atom. The smallest absolute Gasteiger partial charge is 0.253 e. The highest BCUT2D eigenvalue weighted by molar-refractivity contribution is 5.95. The number of ether oxygens (including phenoxy) is 1. The molecule has 0 radical (unpaired) electrons. The van der Waals surface area contributed by atoms with Crippen molar-refractivity contribution in [3.8, 4) is 11.8 Å². The first kappa shape index (κ1) is 13.0. The average molecular weight is 270 g/mol. The third-order valence-corrected chi connectivity index (χ3v) is 4.18. The summed E-state index contributed by atoms with van der Waals surface area (Å²) < 4.78 is 5.63. The van der Waals surface area contributed by atoms with Crippen molar-refractivity contribution in [3.05, 3.63) is 29.3 Å². The van der Waals surface area contributed by atoms with E-state index in [9.17, 15) is 4.79 Å². The molecule has 1 amide bonds. The van der Waals surface area contributed by atoms with Crippen LogP contribution in [-0.2, 0) is 5.41 Å². The number of nitriles is 1. The highest BCUT2D eigenvalue weighted by Crippen LogP contribution is 2.39. The number of hydrogen-bond donors (Lipinski definition) is 0. The van der Waals surface area contributed by atoms with Gasteiger partial charge in [-0.3, -0.25) is 4.79 Å². The maximum atomic E-state index is 12.4. The molecule has 2 heterocycles. The quantitative estimate of drug-likeness (QED) is 0.787. The zero-order valence-electron chi connectivity index (χ0n) is 12.1. The molecule has 0 saturated carbocycles. The van der Waals surface area contributed by atoms with Crippen LogP contribution in [0, 0.1) is 16.7 Å². The molecule has 0 N–H and O–H groups in total. The summed E-state index contributed by atoms with van der Waals surface area (Å²) in [7, 11) is 0. The number of benzene rings is 1. The molecule has 20 heavy (non-hydrogen) atoms. The van der Waals surface area contributed by atoms with E-state index in [1.165, 1.54) is 0 Å². The molecule has 1 fully saturated rings. The second-order valence-corrected chi connectivity index (χ2v) is 6.72. The molecule has 1 aromatic rings.